The minimum atomic E-state index is -0.0340. The Morgan fingerprint density at radius 3 is 2.50 bits per heavy atom. The van der Waals surface area contributed by atoms with Crippen LogP contribution in [0.1, 0.15) is 49.5 Å². The van der Waals surface area contributed by atoms with Gasteiger partial charge in [-0.05, 0) is 36.1 Å². The van der Waals surface area contributed by atoms with Crippen molar-refractivity contribution in [3.63, 3.8) is 0 Å². The minimum Gasteiger partial charge on any atom is -0.379 e. The summed E-state index contributed by atoms with van der Waals surface area (Å²) in [5, 5.41) is 3.17. The van der Waals surface area contributed by atoms with Crippen LogP contribution in [-0.4, -0.2) is 62.1 Å². The summed E-state index contributed by atoms with van der Waals surface area (Å²) in [6, 6.07) is 6.01. The van der Waals surface area contributed by atoms with E-state index in [1.807, 2.05) is 18.2 Å². The Labute approximate surface area is 168 Å². The highest BCUT2D eigenvalue weighted by Gasteiger charge is 2.28. The molecule has 1 unspecified atom stereocenters. The SMILES string of the molecule is CCC(CC)C(CNC(=O)c1ccc2c(c1)CCN2C(C)=O)N1CCOCC1. The molecule has 0 aliphatic carbocycles. The van der Waals surface area contributed by atoms with Crippen molar-refractivity contribution in [2.75, 3.05) is 44.3 Å². The molecule has 1 aromatic carbocycles. The first kappa shape index (κ1) is 20.8. The molecule has 0 spiro atoms. The molecule has 2 aliphatic rings. The Hall–Kier alpha value is -1.92. The molecule has 6 nitrogen and oxygen atoms in total. The van der Waals surface area contributed by atoms with Gasteiger partial charge < -0.3 is 15.0 Å². The van der Waals surface area contributed by atoms with Crippen LogP contribution in [0.5, 0.6) is 0 Å². The zero-order valence-electron chi connectivity index (χ0n) is 17.4. The maximum atomic E-state index is 12.8. The predicted molar refractivity (Wildman–Crippen MR) is 111 cm³/mol. The number of benzene rings is 1. The number of carbonyl (C=O) groups is 2. The number of ether oxygens (including phenoxy) is 1. The summed E-state index contributed by atoms with van der Waals surface area (Å²) in [4.78, 5) is 28.8. The van der Waals surface area contributed by atoms with Gasteiger partial charge in [-0.3, -0.25) is 14.5 Å². The molecule has 0 bridgehead atoms. The van der Waals surface area contributed by atoms with Crippen molar-refractivity contribution in [3.8, 4) is 0 Å². The summed E-state index contributed by atoms with van der Waals surface area (Å²) in [5.41, 5.74) is 2.69. The molecule has 154 valence electrons. The fourth-order valence-corrected chi connectivity index (χ4v) is 4.51. The van der Waals surface area contributed by atoms with E-state index in [-0.39, 0.29) is 11.8 Å². The Kier molecular flexibility index (Phi) is 7.08. The Bertz CT molecular complexity index is 696. The quantitative estimate of drug-likeness (QED) is 0.781. The Balaban J connectivity index is 1.66. The molecule has 28 heavy (non-hydrogen) atoms. The van der Waals surface area contributed by atoms with Crippen molar-refractivity contribution in [2.24, 2.45) is 5.92 Å². The largest absolute Gasteiger partial charge is 0.379 e. The van der Waals surface area contributed by atoms with Crippen molar-refractivity contribution >= 4 is 17.5 Å². The third-order valence-corrected chi connectivity index (χ3v) is 6.20. The number of carbonyl (C=O) groups excluding carboxylic acids is 2. The van der Waals surface area contributed by atoms with Gasteiger partial charge in [0, 0.05) is 50.4 Å². The summed E-state index contributed by atoms with van der Waals surface area (Å²) in [7, 11) is 0. The first-order chi connectivity index (χ1) is 13.5. The molecule has 3 rings (SSSR count). The second kappa shape index (κ2) is 9.52. The zero-order valence-corrected chi connectivity index (χ0v) is 17.4. The molecule has 2 amide bonds. The van der Waals surface area contributed by atoms with Gasteiger partial charge in [0.1, 0.15) is 0 Å². The molecule has 2 heterocycles. The lowest BCUT2D eigenvalue weighted by Gasteiger charge is -2.38. The maximum Gasteiger partial charge on any atom is 0.251 e. The van der Waals surface area contributed by atoms with E-state index in [1.54, 1.807) is 11.8 Å². The third kappa shape index (κ3) is 4.55. The highest BCUT2D eigenvalue weighted by Crippen LogP contribution is 2.29. The van der Waals surface area contributed by atoms with Crippen LogP contribution < -0.4 is 10.2 Å². The van der Waals surface area contributed by atoms with Gasteiger partial charge in [0.25, 0.3) is 5.91 Å². The lowest BCUT2D eigenvalue weighted by atomic mass is 9.92. The van der Waals surface area contributed by atoms with Crippen molar-refractivity contribution in [2.45, 2.75) is 46.1 Å². The summed E-state index contributed by atoms with van der Waals surface area (Å²) in [6.07, 6.45) is 3.02. The number of amides is 2. The average Bonchev–Trinajstić information content (AvgIpc) is 3.15. The molecule has 1 aromatic rings. The molecule has 1 fully saturated rings. The topological polar surface area (TPSA) is 61.9 Å². The highest BCUT2D eigenvalue weighted by atomic mass is 16.5. The van der Waals surface area contributed by atoms with Gasteiger partial charge >= 0.3 is 0 Å². The summed E-state index contributed by atoms with van der Waals surface area (Å²) in [6.45, 7) is 10.8. The molecule has 0 saturated carbocycles. The minimum absolute atomic E-state index is 0.0340. The third-order valence-electron chi connectivity index (χ3n) is 6.20. The van der Waals surface area contributed by atoms with Crippen LogP contribution in [0, 0.1) is 5.92 Å². The van der Waals surface area contributed by atoms with Crippen LogP contribution in [0.3, 0.4) is 0 Å². The number of fused-ring (bicyclic) bond motifs is 1. The molecular weight excluding hydrogens is 354 g/mol. The fourth-order valence-electron chi connectivity index (χ4n) is 4.51. The number of anilines is 1. The fraction of sp³-hybridized carbons (Fsp3) is 0.636. The average molecular weight is 388 g/mol. The van der Waals surface area contributed by atoms with Gasteiger partial charge in [-0.1, -0.05) is 26.7 Å². The van der Waals surface area contributed by atoms with Crippen LogP contribution in [-0.2, 0) is 16.0 Å². The molecular formula is C22H33N3O3. The summed E-state index contributed by atoms with van der Waals surface area (Å²) >= 11 is 0. The van der Waals surface area contributed by atoms with E-state index in [4.69, 9.17) is 4.74 Å². The van der Waals surface area contributed by atoms with Gasteiger partial charge in [-0.25, -0.2) is 0 Å². The predicted octanol–water partition coefficient (Wildman–Crippen LogP) is 2.46. The number of hydrogen-bond acceptors (Lipinski definition) is 4. The second-order valence-electron chi connectivity index (χ2n) is 7.77. The molecule has 6 heteroatoms. The van der Waals surface area contributed by atoms with E-state index < -0.39 is 0 Å². The Morgan fingerprint density at radius 1 is 1.14 bits per heavy atom. The number of hydrogen-bond donors (Lipinski definition) is 1. The lowest BCUT2D eigenvalue weighted by molar-refractivity contribution is -0.116. The number of morpholine rings is 1. The van der Waals surface area contributed by atoms with Crippen LogP contribution in [0.15, 0.2) is 18.2 Å². The van der Waals surface area contributed by atoms with Crippen LogP contribution in [0.4, 0.5) is 5.69 Å². The molecule has 0 aromatic heterocycles. The van der Waals surface area contributed by atoms with E-state index >= 15 is 0 Å². The van der Waals surface area contributed by atoms with Crippen molar-refractivity contribution in [3.05, 3.63) is 29.3 Å². The van der Waals surface area contributed by atoms with E-state index in [1.165, 1.54) is 0 Å². The second-order valence-corrected chi connectivity index (χ2v) is 7.77. The molecule has 1 saturated heterocycles. The molecule has 1 atom stereocenters. The highest BCUT2D eigenvalue weighted by molar-refractivity contribution is 5.97. The zero-order chi connectivity index (χ0) is 20.1. The van der Waals surface area contributed by atoms with Crippen molar-refractivity contribution in [1.82, 2.24) is 10.2 Å². The number of nitrogens with one attached hydrogen (secondary N) is 1. The van der Waals surface area contributed by atoms with Crippen LogP contribution in [0.2, 0.25) is 0 Å². The smallest absolute Gasteiger partial charge is 0.251 e. The molecule has 1 N–H and O–H groups in total. The van der Waals surface area contributed by atoms with Gasteiger partial charge in [-0.15, -0.1) is 0 Å². The number of rotatable bonds is 7. The van der Waals surface area contributed by atoms with Gasteiger partial charge in [0.2, 0.25) is 5.91 Å². The van der Waals surface area contributed by atoms with Crippen LogP contribution in [0.25, 0.3) is 0 Å². The first-order valence-electron chi connectivity index (χ1n) is 10.6. The Morgan fingerprint density at radius 2 is 1.86 bits per heavy atom. The van der Waals surface area contributed by atoms with Crippen molar-refractivity contribution in [1.29, 1.82) is 0 Å². The van der Waals surface area contributed by atoms with Crippen LogP contribution >= 0.6 is 0 Å². The molecule has 2 aliphatic heterocycles. The van der Waals surface area contributed by atoms with E-state index in [9.17, 15) is 9.59 Å². The number of nitrogens with zero attached hydrogens (tertiary/aromatic N) is 2. The monoisotopic (exact) mass is 387 g/mol. The van der Waals surface area contributed by atoms with Gasteiger partial charge in [0.05, 0.1) is 13.2 Å². The van der Waals surface area contributed by atoms with Gasteiger partial charge in [-0.2, -0.15) is 0 Å². The van der Waals surface area contributed by atoms with E-state index in [2.05, 4.69) is 24.1 Å². The normalized spacial score (nSPS) is 18.2. The maximum absolute atomic E-state index is 12.8. The van der Waals surface area contributed by atoms with E-state index in [0.717, 1.165) is 56.8 Å². The summed E-state index contributed by atoms with van der Waals surface area (Å²) in [5.74, 6) is 0.574. The lowest BCUT2D eigenvalue weighted by Crippen LogP contribution is -2.52. The standard InChI is InChI=1S/C22H33N3O3/c1-4-17(5-2)21(24-10-12-28-13-11-24)15-23-22(27)19-6-7-20-18(14-19)8-9-25(20)16(3)26/h6-7,14,17,21H,4-5,8-13,15H2,1-3H3,(H,23,27). The van der Waals surface area contributed by atoms with Crippen molar-refractivity contribution < 1.29 is 14.3 Å². The summed E-state index contributed by atoms with van der Waals surface area (Å²) < 4.78 is 5.50. The first-order valence-corrected chi connectivity index (χ1v) is 10.6. The molecule has 0 radical (unpaired) electrons. The van der Waals surface area contributed by atoms with E-state index in [0.29, 0.717) is 30.6 Å². The van der Waals surface area contributed by atoms with Gasteiger partial charge in [0.15, 0.2) is 0 Å².